The lowest BCUT2D eigenvalue weighted by molar-refractivity contribution is 0.195. The van der Waals surface area contributed by atoms with Gasteiger partial charge in [-0.15, -0.1) is 0 Å². The molecule has 1 fully saturated rings. The van der Waals surface area contributed by atoms with Gasteiger partial charge in [-0.1, -0.05) is 213 Å². The van der Waals surface area contributed by atoms with Crippen molar-refractivity contribution in [2.75, 3.05) is 14.7 Å². The predicted molar refractivity (Wildman–Crippen MR) is 375 cm³/mol. The first-order chi connectivity index (χ1) is 41.7. The topological polar surface area (TPSA) is 36.0 Å². The van der Waals surface area contributed by atoms with Crippen molar-refractivity contribution >= 4 is 112 Å². The van der Waals surface area contributed by atoms with Crippen LogP contribution in [0.1, 0.15) is 176 Å². The number of para-hydroxylation sites is 2. The molecule has 1 saturated carbocycles. The van der Waals surface area contributed by atoms with Crippen molar-refractivity contribution < 1.29 is 8.83 Å². The van der Waals surface area contributed by atoms with Crippen molar-refractivity contribution in [1.82, 2.24) is 0 Å². The highest BCUT2D eigenvalue weighted by atomic mass is 16.3. The van der Waals surface area contributed by atoms with Crippen LogP contribution in [0.25, 0.3) is 55.0 Å². The molecule has 442 valence electrons. The van der Waals surface area contributed by atoms with Crippen molar-refractivity contribution in [2.45, 2.75) is 180 Å². The lowest BCUT2D eigenvalue weighted by Gasteiger charge is -2.51. The van der Waals surface area contributed by atoms with Gasteiger partial charge >= 0.3 is 0 Å². The van der Waals surface area contributed by atoms with Gasteiger partial charge in [0, 0.05) is 61.0 Å². The molecule has 2 aliphatic carbocycles. The quantitative estimate of drug-likeness (QED) is 0.164. The van der Waals surface area contributed by atoms with Crippen LogP contribution >= 0.6 is 0 Å². The summed E-state index contributed by atoms with van der Waals surface area (Å²) in [6, 6.07) is 63.8. The summed E-state index contributed by atoms with van der Waals surface area (Å²) >= 11 is 0. The Hall–Kier alpha value is -7.96. The first kappa shape index (κ1) is 55.4. The van der Waals surface area contributed by atoms with E-state index in [-0.39, 0.29) is 44.7 Å². The van der Waals surface area contributed by atoms with E-state index in [0.29, 0.717) is 0 Å². The average Bonchev–Trinajstić information content (AvgIpc) is 1.09. The largest absolute Gasteiger partial charge is 0.454 e. The number of nitrogens with zero attached hydrogens (tertiary/aromatic N) is 3. The van der Waals surface area contributed by atoms with Gasteiger partial charge in [0.15, 0.2) is 11.2 Å². The molecule has 5 nitrogen and oxygen atoms in total. The lowest BCUT2D eigenvalue weighted by atomic mass is 9.33. The SMILES string of the molecule is CC(C)(C)c1ccc(N2c3cc(N4c5ccc(C(C)(C)C)cc5C5(C)CCCCC45C)cc4c3B(c3cc5c(cc3N4c3cccc4c3oc3ccccc34)C(C)(C)CCC5(C)C)c3ccc4c(oc5ccc(C(C)(C)C)cc54)c32)c(-c2ccccc2)c1. The van der Waals surface area contributed by atoms with Crippen LogP contribution in [0, 0.1) is 0 Å². The first-order valence-electron chi connectivity index (χ1n) is 32.8. The number of fused-ring (bicyclic) bond motifs is 15. The van der Waals surface area contributed by atoms with Crippen LogP contribution in [0.15, 0.2) is 173 Å². The molecule has 88 heavy (non-hydrogen) atoms. The van der Waals surface area contributed by atoms with E-state index in [1.54, 1.807) is 0 Å². The number of benzene rings is 9. The van der Waals surface area contributed by atoms with Gasteiger partial charge in [0.2, 0.25) is 0 Å². The number of rotatable bonds is 4. The number of furan rings is 2. The minimum Gasteiger partial charge on any atom is -0.454 e. The molecule has 11 aromatic rings. The Bertz CT molecular complexity index is 4760. The summed E-state index contributed by atoms with van der Waals surface area (Å²) in [5, 5.41) is 4.53. The molecule has 9 aromatic carbocycles. The fourth-order valence-electron chi connectivity index (χ4n) is 17.0. The Labute approximate surface area is 521 Å². The fraction of sp³-hybridized carbons (Fsp3) is 0.341. The van der Waals surface area contributed by atoms with E-state index in [1.165, 1.54) is 102 Å². The van der Waals surface area contributed by atoms with E-state index < -0.39 is 0 Å². The summed E-state index contributed by atoms with van der Waals surface area (Å²) in [5.74, 6) is 0. The van der Waals surface area contributed by atoms with Gasteiger partial charge < -0.3 is 23.5 Å². The normalized spacial score (nSPS) is 20.1. The molecule has 0 amide bonds. The van der Waals surface area contributed by atoms with Crippen molar-refractivity contribution in [3.8, 4) is 11.1 Å². The second-order valence-corrected chi connectivity index (χ2v) is 31.9. The van der Waals surface area contributed by atoms with Gasteiger partial charge in [-0.25, -0.2) is 0 Å². The lowest BCUT2D eigenvalue weighted by Crippen LogP contribution is -2.62. The van der Waals surface area contributed by atoms with Gasteiger partial charge in [-0.2, -0.15) is 0 Å². The van der Waals surface area contributed by atoms with E-state index in [4.69, 9.17) is 8.83 Å². The summed E-state index contributed by atoms with van der Waals surface area (Å²) in [6.07, 6.45) is 6.82. The van der Waals surface area contributed by atoms with E-state index in [0.717, 1.165) is 86.6 Å². The van der Waals surface area contributed by atoms with Crippen LogP contribution in [0.5, 0.6) is 0 Å². The second kappa shape index (κ2) is 18.3. The standard InChI is InChI=1S/C82H84BN3O2/c1-76(2,3)50-30-35-64(57(42-50)49-24-17-16-18-25-49)85-69-46-53(86-65-36-31-52(78(7,8)9)44-61(65)81(14)38-21-22-39-82(81,86)15)45-68-72(69)83(62-34-33-56-58-43-51(77(4,5)6)32-37-71(58)88-75(56)73(62)85)63-47-59-60(80(12,13)41-40-79(59,10)11)48-67(63)84(68)66-28-23-27-55-54-26-19-20-29-70(54)87-74(55)66/h16-20,23-37,42-48H,21-22,38-41H2,1-15H3. The highest BCUT2D eigenvalue weighted by Crippen LogP contribution is 2.63. The van der Waals surface area contributed by atoms with Gasteiger partial charge in [-0.05, 0) is 176 Å². The van der Waals surface area contributed by atoms with Crippen LogP contribution < -0.4 is 31.1 Å². The molecule has 0 N–H and O–H groups in total. The molecule has 16 rings (SSSR count). The zero-order valence-electron chi connectivity index (χ0n) is 54.6. The maximum Gasteiger partial charge on any atom is 0.252 e. The minimum atomic E-state index is -0.243. The molecule has 2 atom stereocenters. The highest BCUT2D eigenvalue weighted by molar-refractivity contribution is 7.00. The maximum atomic E-state index is 7.60. The van der Waals surface area contributed by atoms with E-state index in [9.17, 15) is 0 Å². The monoisotopic (exact) mass is 1150 g/mol. The molecule has 3 aliphatic heterocycles. The van der Waals surface area contributed by atoms with Crippen LogP contribution in [0.2, 0.25) is 0 Å². The molecule has 2 aromatic heterocycles. The number of hydrogen-bond acceptors (Lipinski definition) is 5. The minimum absolute atomic E-state index is 0.00733. The molecular weight excluding hydrogens is 1070 g/mol. The Kier molecular flexibility index (Phi) is 11.5. The molecule has 5 heterocycles. The summed E-state index contributed by atoms with van der Waals surface area (Å²) in [5.41, 5.74) is 26.9. The zero-order valence-corrected chi connectivity index (χ0v) is 54.6. The second-order valence-electron chi connectivity index (χ2n) is 31.9. The Balaban J connectivity index is 1.10. The third-order valence-corrected chi connectivity index (χ3v) is 22.5. The van der Waals surface area contributed by atoms with Gasteiger partial charge in [0.1, 0.15) is 11.2 Å². The Morgan fingerprint density at radius 2 is 1.00 bits per heavy atom. The third kappa shape index (κ3) is 7.78. The Morgan fingerprint density at radius 1 is 0.409 bits per heavy atom. The van der Waals surface area contributed by atoms with Gasteiger partial charge in [-0.3, -0.25) is 0 Å². The Morgan fingerprint density at radius 3 is 1.73 bits per heavy atom. The summed E-state index contributed by atoms with van der Waals surface area (Å²) in [7, 11) is 0. The van der Waals surface area contributed by atoms with Crippen LogP contribution in [-0.2, 0) is 32.5 Å². The number of anilines is 8. The number of hydrogen-bond donors (Lipinski definition) is 0. The maximum absolute atomic E-state index is 7.60. The molecule has 0 bridgehead atoms. The first-order valence-corrected chi connectivity index (χ1v) is 32.8. The van der Waals surface area contributed by atoms with Gasteiger partial charge in [0.25, 0.3) is 6.71 Å². The summed E-state index contributed by atoms with van der Waals surface area (Å²) in [4.78, 5) is 8.17. The molecule has 0 radical (unpaired) electrons. The van der Waals surface area contributed by atoms with E-state index in [2.05, 4.69) is 282 Å². The molecule has 0 saturated heterocycles. The molecular formula is C82H84BN3O2. The van der Waals surface area contributed by atoms with E-state index >= 15 is 0 Å². The van der Waals surface area contributed by atoms with Gasteiger partial charge in [0.05, 0.1) is 22.6 Å². The van der Waals surface area contributed by atoms with Crippen LogP contribution in [0.4, 0.5) is 45.5 Å². The summed E-state index contributed by atoms with van der Waals surface area (Å²) < 4.78 is 14.8. The highest BCUT2D eigenvalue weighted by Gasteiger charge is 2.59. The molecule has 0 spiro atoms. The molecule has 6 heteroatoms. The van der Waals surface area contributed by atoms with Crippen molar-refractivity contribution in [3.63, 3.8) is 0 Å². The van der Waals surface area contributed by atoms with E-state index in [1.807, 2.05) is 0 Å². The van der Waals surface area contributed by atoms with Crippen molar-refractivity contribution in [1.29, 1.82) is 0 Å². The zero-order chi connectivity index (χ0) is 61.1. The fourth-order valence-corrected chi connectivity index (χ4v) is 17.0. The summed E-state index contributed by atoms with van der Waals surface area (Å²) in [6.45, 7) is 36.0. The predicted octanol–water partition coefficient (Wildman–Crippen LogP) is 21.2. The molecule has 5 aliphatic rings. The van der Waals surface area contributed by atoms with Crippen molar-refractivity contribution in [3.05, 3.63) is 197 Å². The smallest absolute Gasteiger partial charge is 0.252 e. The van der Waals surface area contributed by atoms with Crippen molar-refractivity contribution in [2.24, 2.45) is 0 Å². The third-order valence-electron chi connectivity index (χ3n) is 22.5. The average molecular weight is 1150 g/mol. The van der Waals surface area contributed by atoms with Crippen LogP contribution in [0.3, 0.4) is 0 Å². The molecule has 2 unspecified atom stereocenters. The van der Waals surface area contributed by atoms with Crippen LogP contribution in [-0.4, -0.2) is 12.3 Å².